The highest BCUT2D eigenvalue weighted by atomic mass is 16.2. The van der Waals surface area contributed by atoms with Crippen LogP contribution in [0.2, 0.25) is 0 Å². The first-order valence-corrected chi connectivity index (χ1v) is 7.90. The van der Waals surface area contributed by atoms with E-state index < -0.39 is 23.6 Å². The Kier molecular flexibility index (Phi) is 5.26. The van der Waals surface area contributed by atoms with Crippen LogP contribution in [0.5, 0.6) is 0 Å². The molecule has 0 radical (unpaired) electrons. The number of pyridine rings is 1. The summed E-state index contributed by atoms with van der Waals surface area (Å²) >= 11 is 0. The van der Waals surface area contributed by atoms with Crippen LogP contribution in [0, 0.1) is 0 Å². The lowest BCUT2D eigenvalue weighted by atomic mass is 10.0. The summed E-state index contributed by atoms with van der Waals surface area (Å²) in [5.41, 5.74) is 5.98. The molecule has 10 nitrogen and oxygen atoms in total. The first kappa shape index (κ1) is 17.9. The van der Waals surface area contributed by atoms with Crippen LogP contribution in [0.25, 0.3) is 5.82 Å². The fourth-order valence-electron chi connectivity index (χ4n) is 2.43. The number of ketones is 1. The number of carbonyl (C=O) groups excluding carboxylic acids is 3. The number of nitrogens with two attached hydrogens (primary N) is 1. The van der Waals surface area contributed by atoms with Gasteiger partial charge in [0, 0.05) is 31.1 Å². The summed E-state index contributed by atoms with van der Waals surface area (Å²) in [7, 11) is 0. The molecule has 0 aromatic carbocycles. The minimum Gasteiger partial charge on any atom is -0.363 e. The number of nitrogens with zero attached hydrogens (tertiary/aromatic N) is 5. The molecule has 0 spiro atoms. The maximum atomic E-state index is 12.7. The van der Waals surface area contributed by atoms with Gasteiger partial charge in [-0.05, 0) is 23.8 Å². The monoisotopic (exact) mass is 365 g/mol. The van der Waals surface area contributed by atoms with Gasteiger partial charge in [0.15, 0.2) is 5.82 Å². The normalized spacial score (nSPS) is 11.6. The second-order valence-electron chi connectivity index (χ2n) is 5.51. The first-order valence-electron chi connectivity index (χ1n) is 7.90. The average molecular weight is 365 g/mol. The van der Waals surface area contributed by atoms with Gasteiger partial charge < -0.3 is 11.1 Å². The molecule has 3 aromatic rings. The van der Waals surface area contributed by atoms with E-state index in [1.165, 1.54) is 29.5 Å². The smallest absolute Gasteiger partial charge is 0.287 e. The number of hydrogen-bond acceptors (Lipinski definition) is 7. The lowest BCUT2D eigenvalue weighted by Gasteiger charge is -2.16. The molecule has 27 heavy (non-hydrogen) atoms. The highest BCUT2D eigenvalue weighted by Gasteiger charge is 2.27. The van der Waals surface area contributed by atoms with Gasteiger partial charge in [-0.15, -0.1) is 0 Å². The Bertz CT molecular complexity index is 957. The number of amides is 2. The molecule has 0 saturated heterocycles. The molecule has 0 aliphatic heterocycles. The van der Waals surface area contributed by atoms with Gasteiger partial charge in [0.25, 0.3) is 11.8 Å². The van der Waals surface area contributed by atoms with Gasteiger partial charge in [0.2, 0.25) is 5.78 Å². The van der Waals surface area contributed by atoms with Crippen molar-refractivity contribution in [2.75, 3.05) is 0 Å². The number of rotatable bonds is 7. The minimum absolute atomic E-state index is 0.0949. The molecule has 2 amide bonds. The van der Waals surface area contributed by atoms with Crippen LogP contribution < -0.4 is 11.1 Å². The van der Waals surface area contributed by atoms with E-state index >= 15 is 0 Å². The van der Waals surface area contributed by atoms with Gasteiger partial charge in [0.1, 0.15) is 18.1 Å². The van der Waals surface area contributed by atoms with Gasteiger partial charge in [-0.3, -0.25) is 19.4 Å². The Morgan fingerprint density at radius 3 is 2.44 bits per heavy atom. The number of nitrogens with one attached hydrogen (secondary N) is 1. The zero-order chi connectivity index (χ0) is 19.2. The Hall–Kier alpha value is -3.95. The number of carbonyl (C=O) groups is 3. The summed E-state index contributed by atoms with van der Waals surface area (Å²) in [4.78, 5) is 48.0. The molecule has 0 aliphatic rings. The quantitative estimate of drug-likeness (QED) is 0.534. The lowest BCUT2D eigenvalue weighted by molar-refractivity contribution is -0.137. The fourth-order valence-corrected chi connectivity index (χ4v) is 2.43. The van der Waals surface area contributed by atoms with Crippen LogP contribution in [0.4, 0.5) is 0 Å². The van der Waals surface area contributed by atoms with Gasteiger partial charge in [-0.2, -0.15) is 5.10 Å². The van der Waals surface area contributed by atoms with Crippen molar-refractivity contribution >= 4 is 17.6 Å². The Balaban J connectivity index is 1.84. The standard InChI is InChI=1S/C17H15N7O3/c18-16(26)15(25)12(9-11-1-5-19-6-2-11)23-17(27)13-3-8-22-24(13)14-4-7-20-10-21-14/h1-8,10,12H,9H2,(H2,18,26)(H,23,27). The number of aromatic nitrogens is 5. The van der Waals surface area contributed by atoms with Crippen molar-refractivity contribution in [1.29, 1.82) is 0 Å². The molecule has 1 atom stereocenters. The Morgan fingerprint density at radius 2 is 1.78 bits per heavy atom. The van der Waals surface area contributed by atoms with E-state index in [9.17, 15) is 14.4 Å². The maximum Gasteiger partial charge on any atom is 0.287 e. The van der Waals surface area contributed by atoms with Crippen LogP contribution in [0.15, 0.2) is 55.4 Å². The van der Waals surface area contributed by atoms with E-state index in [0.717, 1.165) is 0 Å². The second-order valence-corrected chi connectivity index (χ2v) is 5.51. The SMILES string of the molecule is NC(=O)C(=O)C(Cc1ccncc1)NC(=O)c1ccnn1-c1ccncn1. The van der Waals surface area contributed by atoms with E-state index in [0.29, 0.717) is 11.4 Å². The molecular weight excluding hydrogens is 350 g/mol. The third-order valence-corrected chi connectivity index (χ3v) is 3.71. The summed E-state index contributed by atoms with van der Waals surface area (Å²) < 4.78 is 1.30. The molecule has 3 N–H and O–H groups in total. The number of primary amides is 1. The zero-order valence-electron chi connectivity index (χ0n) is 14.0. The van der Waals surface area contributed by atoms with Crippen molar-refractivity contribution < 1.29 is 14.4 Å². The topological polar surface area (TPSA) is 146 Å². The summed E-state index contributed by atoms with van der Waals surface area (Å²) in [6, 6.07) is 5.28. The minimum atomic E-state index is -1.13. The van der Waals surface area contributed by atoms with Crippen molar-refractivity contribution in [3.8, 4) is 5.82 Å². The third-order valence-electron chi connectivity index (χ3n) is 3.71. The second kappa shape index (κ2) is 7.95. The van der Waals surface area contributed by atoms with E-state index in [1.54, 1.807) is 30.6 Å². The highest BCUT2D eigenvalue weighted by molar-refractivity contribution is 6.38. The van der Waals surface area contributed by atoms with Gasteiger partial charge in [0.05, 0.1) is 6.20 Å². The first-order chi connectivity index (χ1) is 13.1. The summed E-state index contributed by atoms with van der Waals surface area (Å²) in [6.45, 7) is 0. The van der Waals surface area contributed by atoms with Crippen LogP contribution in [-0.4, -0.2) is 48.4 Å². The lowest BCUT2D eigenvalue weighted by Crippen LogP contribution is -2.47. The highest BCUT2D eigenvalue weighted by Crippen LogP contribution is 2.09. The predicted octanol–water partition coefficient (Wildman–Crippen LogP) is -0.547. The van der Waals surface area contributed by atoms with Crippen molar-refractivity contribution in [3.63, 3.8) is 0 Å². The van der Waals surface area contributed by atoms with E-state index in [1.807, 2.05) is 0 Å². The molecular formula is C17H15N7O3. The summed E-state index contributed by atoms with van der Waals surface area (Å²) in [5.74, 6) is -2.24. The van der Waals surface area contributed by atoms with E-state index in [4.69, 9.17) is 5.73 Å². The molecule has 3 aromatic heterocycles. The molecule has 0 bridgehead atoms. The average Bonchev–Trinajstić information content (AvgIpc) is 3.18. The van der Waals surface area contributed by atoms with Crippen LogP contribution in [-0.2, 0) is 16.0 Å². The largest absolute Gasteiger partial charge is 0.363 e. The number of hydrogen-bond donors (Lipinski definition) is 2. The molecule has 136 valence electrons. The van der Waals surface area contributed by atoms with Gasteiger partial charge in [-0.25, -0.2) is 14.6 Å². The Morgan fingerprint density at radius 1 is 1.04 bits per heavy atom. The molecule has 0 aliphatic carbocycles. The van der Waals surface area contributed by atoms with Crippen LogP contribution >= 0.6 is 0 Å². The Labute approximate surface area is 153 Å². The van der Waals surface area contributed by atoms with E-state index in [-0.39, 0.29) is 12.1 Å². The molecule has 10 heteroatoms. The molecule has 3 heterocycles. The van der Waals surface area contributed by atoms with Crippen LogP contribution in [0.3, 0.4) is 0 Å². The maximum absolute atomic E-state index is 12.7. The fraction of sp³-hybridized carbons (Fsp3) is 0.118. The predicted molar refractivity (Wildman–Crippen MR) is 92.6 cm³/mol. The van der Waals surface area contributed by atoms with Crippen molar-refractivity contribution in [2.45, 2.75) is 12.5 Å². The zero-order valence-corrected chi connectivity index (χ0v) is 14.0. The summed E-state index contributed by atoms with van der Waals surface area (Å²) in [5, 5.41) is 6.60. The van der Waals surface area contributed by atoms with Crippen LogP contribution in [0.1, 0.15) is 16.1 Å². The number of Topliss-reactive ketones (excluding diaryl/α,β-unsaturated/α-hetero) is 1. The molecule has 1 unspecified atom stereocenters. The van der Waals surface area contributed by atoms with Crippen molar-refractivity contribution in [1.82, 2.24) is 30.0 Å². The third kappa shape index (κ3) is 4.18. The van der Waals surface area contributed by atoms with Crippen molar-refractivity contribution in [3.05, 3.63) is 66.6 Å². The van der Waals surface area contributed by atoms with Crippen molar-refractivity contribution in [2.24, 2.45) is 5.73 Å². The summed E-state index contributed by atoms with van der Waals surface area (Å²) in [6.07, 6.45) is 7.44. The molecule has 0 saturated carbocycles. The van der Waals surface area contributed by atoms with Gasteiger partial charge >= 0.3 is 0 Å². The van der Waals surface area contributed by atoms with E-state index in [2.05, 4.69) is 25.4 Å². The molecule has 3 rings (SSSR count). The molecule has 0 fully saturated rings. The van der Waals surface area contributed by atoms with Gasteiger partial charge in [-0.1, -0.05) is 0 Å².